The Morgan fingerprint density at radius 3 is 2.23 bits per heavy atom. The quantitative estimate of drug-likeness (QED) is 0.776. The number of hydrogen-bond acceptors (Lipinski definition) is 1. The Morgan fingerprint density at radius 2 is 1.55 bits per heavy atom. The minimum Gasteiger partial charge on any atom is -0.370 e. The average molecular weight is 293 g/mol. The maximum Gasteiger partial charge on any atom is 0.218 e. The number of rotatable bonds is 4. The van der Waals surface area contributed by atoms with E-state index in [0.717, 1.165) is 21.9 Å². The van der Waals surface area contributed by atoms with Crippen LogP contribution in [0, 0.1) is 5.82 Å². The van der Waals surface area contributed by atoms with E-state index < -0.39 is 0 Å². The van der Waals surface area contributed by atoms with Gasteiger partial charge >= 0.3 is 0 Å². The van der Waals surface area contributed by atoms with Crippen LogP contribution >= 0.6 is 0 Å². The fourth-order valence-electron chi connectivity index (χ4n) is 2.75. The summed E-state index contributed by atoms with van der Waals surface area (Å²) in [5, 5.41) is 2.25. The Morgan fingerprint density at radius 1 is 0.909 bits per heavy atom. The summed E-state index contributed by atoms with van der Waals surface area (Å²) in [5.74, 6) is -0.828. The molecule has 0 bridgehead atoms. The maximum atomic E-state index is 13.1. The molecule has 0 aromatic heterocycles. The van der Waals surface area contributed by atoms with Gasteiger partial charge in [-0.2, -0.15) is 0 Å². The number of halogens is 1. The fourth-order valence-corrected chi connectivity index (χ4v) is 2.75. The van der Waals surface area contributed by atoms with Crippen molar-refractivity contribution in [2.75, 3.05) is 0 Å². The van der Waals surface area contributed by atoms with Crippen LogP contribution in [0.15, 0.2) is 66.7 Å². The van der Waals surface area contributed by atoms with Gasteiger partial charge in [-0.15, -0.1) is 0 Å². The van der Waals surface area contributed by atoms with Crippen molar-refractivity contribution >= 4 is 16.7 Å². The number of hydrogen-bond donors (Lipinski definition) is 1. The Kier molecular flexibility index (Phi) is 3.88. The second kappa shape index (κ2) is 5.98. The van der Waals surface area contributed by atoms with Crippen molar-refractivity contribution in [2.45, 2.75) is 12.3 Å². The van der Waals surface area contributed by atoms with Gasteiger partial charge in [0.25, 0.3) is 0 Å². The summed E-state index contributed by atoms with van der Waals surface area (Å²) < 4.78 is 13.1. The molecule has 2 nitrogen and oxygen atoms in total. The van der Waals surface area contributed by atoms with E-state index in [0.29, 0.717) is 0 Å². The third-order valence-electron chi connectivity index (χ3n) is 3.85. The molecule has 0 aliphatic rings. The first-order chi connectivity index (χ1) is 10.6. The second-order valence-corrected chi connectivity index (χ2v) is 5.38. The van der Waals surface area contributed by atoms with Crippen molar-refractivity contribution in [3.8, 4) is 0 Å². The molecule has 0 aliphatic carbocycles. The SMILES string of the molecule is NC(=O)C[C@H](c1ccc(F)cc1)c1ccc2ccccc2c1. The summed E-state index contributed by atoms with van der Waals surface area (Å²) in [4.78, 5) is 11.4. The van der Waals surface area contributed by atoms with E-state index in [4.69, 9.17) is 5.73 Å². The van der Waals surface area contributed by atoms with E-state index in [1.54, 1.807) is 12.1 Å². The van der Waals surface area contributed by atoms with Crippen molar-refractivity contribution in [1.29, 1.82) is 0 Å². The zero-order chi connectivity index (χ0) is 15.5. The largest absolute Gasteiger partial charge is 0.370 e. The van der Waals surface area contributed by atoms with Gasteiger partial charge in [-0.3, -0.25) is 4.79 Å². The smallest absolute Gasteiger partial charge is 0.218 e. The molecule has 3 aromatic rings. The highest BCUT2D eigenvalue weighted by Gasteiger charge is 2.17. The molecule has 0 aliphatic heterocycles. The molecular weight excluding hydrogens is 277 g/mol. The number of carbonyl (C=O) groups is 1. The monoisotopic (exact) mass is 293 g/mol. The number of nitrogens with two attached hydrogens (primary N) is 1. The Labute approximate surface area is 128 Å². The average Bonchev–Trinajstić information content (AvgIpc) is 2.53. The summed E-state index contributed by atoms with van der Waals surface area (Å²) in [5.41, 5.74) is 7.29. The Hall–Kier alpha value is -2.68. The second-order valence-electron chi connectivity index (χ2n) is 5.38. The van der Waals surface area contributed by atoms with Crippen LogP contribution < -0.4 is 5.73 Å². The highest BCUT2D eigenvalue weighted by Crippen LogP contribution is 2.30. The number of amides is 1. The number of primary amides is 1. The van der Waals surface area contributed by atoms with Crippen LogP contribution in [-0.4, -0.2) is 5.91 Å². The predicted octanol–water partition coefficient (Wildman–Crippen LogP) is 3.99. The van der Waals surface area contributed by atoms with E-state index in [-0.39, 0.29) is 24.1 Å². The van der Waals surface area contributed by atoms with Crippen LogP contribution in [0.4, 0.5) is 4.39 Å². The molecule has 0 fully saturated rings. The molecule has 1 atom stereocenters. The van der Waals surface area contributed by atoms with Gasteiger partial charge in [0.05, 0.1) is 0 Å². The number of fused-ring (bicyclic) bond motifs is 1. The third-order valence-corrected chi connectivity index (χ3v) is 3.85. The molecule has 3 aromatic carbocycles. The maximum absolute atomic E-state index is 13.1. The van der Waals surface area contributed by atoms with Gasteiger partial charge in [0, 0.05) is 12.3 Å². The first-order valence-corrected chi connectivity index (χ1v) is 7.16. The predicted molar refractivity (Wildman–Crippen MR) is 86.0 cm³/mol. The van der Waals surface area contributed by atoms with E-state index in [2.05, 4.69) is 6.07 Å². The molecule has 22 heavy (non-hydrogen) atoms. The van der Waals surface area contributed by atoms with Crippen LogP contribution in [0.5, 0.6) is 0 Å². The molecule has 0 saturated carbocycles. The van der Waals surface area contributed by atoms with E-state index in [1.807, 2.05) is 36.4 Å². The van der Waals surface area contributed by atoms with Crippen molar-refractivity contribution < 1.29 is 9.18 Å². The minimum atomic E-state index is -0.373. The van der Waals surface area contributed by atoms with Gasteiger partial charge < -0.3 is 5.73 Å². The number of benzene rings is 3. The highest BCUT2D eigenvalue weighted by atomic mass is 19.1. The minimum absolute atomic E-state index is 0.164. The molecule has 0 unspecified atom stereocenters. The normalized spacial score (nSPS) is 12.2. The molecule has 0 heterocycles. The molecule has 3 rings (SSSR count). The summed E-state index contributed by atoms with van der Waals surface area (Å²) in [6, 6.07) is 20.4. The van der Waals surface area contributed by atoms with Crippen LogP contribution in [0.2, 0.25) is 0 Å². The van der Waals surface area contributed by atoms with Gasteiger partial charge in [0.2, 0.25) is 5.91 Å². The molecule has 0 saturated heterocycles. The fraction of sp³-hybridized carbons (Fsp3) is 0.105. The highest BCUT2D eigenvalue weighted by molar-refractivity contribution is 5.83. The molecule has 110 valence electrons. The van der Waals surface area contributed by atoms with Gasteiger partial charge in [-0.25, -0.2) is 4.39 Å². The lowest BCUT2D eigenvalue weighted by molar-refractivity contribution is -0.118. The third kappa shape index (κ3) is 2.98. The molecule has 1 amide bonds. The standard InChI is InChI=1S/C19H16FNO/c20-17-9-7-14(8-10-17)18(12-19(21)22)16-6-5-13-3-1-2-4-15(13)11-16/h1-11,18H,12H2,(H2,21,22)/t18-/m1/s1. The van der Waals surface area contributed by atoms with Crippen LogP contribution in [-0.2, 0) is 4.79 Å². The number of carbonyl (C=O) groups excluding carboxylic acids is 1. The van der Waals surface area contributed by atoms with Crippen molar-refractivity contribution in [3.05, 3.63) is 83.7 Å². The Balaban J connectivity index is 2.06. The van der Waals surface area contributed by atoms with Crippen molar-refractivity contribution in [2.24, 2.45) is 5.73 Å². The molecular formula is C19H16FNO. The zero-order valence-corrected chi connectivity index (χ0v) is 12.0. The van der Waals surface area contributed by atoms with Crippen LogP contribution in [0.25, 0.3) is 10.8 Å². The van der Waals surface area contributed by atoms with Crippen LogP contribution in [0.1, 0.15) is 23.5 Å². The van der Waals surface area contributed by atoms with Gasteiger partial charge in [0.1, 0.15) is 5.82 Å². The Bertz CT molecular complexity index is 811. The molecule has 0 spiro atoms. The van der Waals surface area contributed by atoms with Gasteiger partial charge in [0.15, 0.2) is 0 Å². The zero-order valence-electron chi connectivity index (χ0n) is 12.0. The van der Waals surface area contributed by atoms with Crippen LogP contribution in [0.3, 0.4) is 0 Å². The lowest BCUT2D eigenvalue weighted by Crippen LogP contribution is -2.16. The first-order valence-electron chi connectivity index (χ1n) is 7.16. The van der Waals surface area contributed by atoms with Crippen molar-refractivity contribution in [1.82, 2.24) is 0 Å². The summed E-state index contributed by atoms with van der Waals surface area (Å²) in [6.07, 6.45) is 0.198. The van der Waals surface area contributed by atoms with Gasteiger partial charge in [-0.05, 0) is 34.0 Å². The van der Waals surface area contributed by atoms with E-state index >= 15 is 0 Å². The summed E-state index contributed by atoms with van der Waals surface area (Å²) >= 11 is 0. The first kappa shape index (κ1) is 14.3. The summed E-state index contributed by atoms with van der Waals surface area (Å²) in [7, 11) is 0. The lowest BCUT2D eigenvalue weighted by atomic mass is 9.87. The molecule has 3 heteroatoms. The molecule has 0 radical (unpaired) electrons. The topological polar surface area (TPSA) is 43.1 Å². The summed E-state index contributed by atoms with van der Waals surface area (Å²) in [6.45, 7) is 0. The van der Waals surface area contributed by atoms with E-state index in [1.165, 1.54) is 12.1 Å². The van der Waals surface area contributed by atoms with E-state index in [9.17, 15) is 9.18 Å². The van der Waals surface area contributed by atoms with Crippen molar-refractivity contribution in [3.63, 3.8) is 0 Å². The lowest BCUT2D eigenvalue weighted by Gasteiger charge is -2.17. The van der Waals surface area contributed by atoms with Gasteiger partial charge in [-0.1, -0.05) is 54.6 Å². The molecule has 2 N–H and O–H groups in total.